The molecule has 3 aromatic rings. The fraction of sp³-hybridized carbons (Fsp3) is 0.368. The van der Waals surface area contributed by atoms with Crippen molar-refractivity contribution in [1.82, 2.24) is 14.5 Å². The maximum absolute atomic E-state index is 12.0. The van der Waals surface area contributed by atoms with Crippen molar-refractivity contribution in [2.24, 2.45) is 0 Å². The van der Waals surface area contributed by atoms with E-state index in [1.165, 1.54) is 5.69 Å². The first kappa shape index (κ1) is 15.9. The smallest absolute Gasteiger partial charge is 0.389 e. The van der Waals surface area contributed by atoms with Gasteiger partial charge in [0.2, 0.25) is 5.71 Å². The van der Waals surface area contributed by atoms with Crippen molar-refractivity contribution in [1.29, 1.82) is 0 Å². The predicted molar refractivity (Wildman–Crippen MR) is 98.0 cm³/mol. The van der Waals surface area contributed by atoms with Crippen molar-refractivity contribution < 1.29 is 4.42 Å². The summed E-state index contributed by atoms with van der Waals surface area (Å²) in [7, 11) is 0. The molecule has 0 amide bonds. The number of para-hydroxylation sites is 1. The van der Waals surface area contributed by atoms with E-state index >= 15 is 0 Å². The van der Waals surface area contributed by atoms with Crippen LogP contribution in [0.25, 0.3) is 11.2 Å². The first-order valence-corrected chi connectivity index (χ1v) is 8.78. The second-order valence-corrected chi connectivity index (χ2v) is 6.37. The number of benzene rings is 1. The first-order chi connectivity index (χ1) is 12.3. The van der Waals surface area contributed by atoms with E-state index in [2.05, 4.69) is 45.1 Å². The van der Waals surface area contributed by atoms with Gasteiger partial charge >= 0.3 is 5.76 Å². The lowest BCUT2D eigenvalue weighted by molar-refractivity contribution is 0.250. The number of hydrogen-bond donors (Lipinski definition) is 0. The summed E-state index contributed by atoms with van der Waals surface area (Å²) in [6.45, 7) is 5.85. The molecule has 1 saturated heterocycles. The standard InChI is InChI=1S/C19H22N4O2/c24-19-23(17-8-4-9-20-18(17)25-19)11-5-10-21-12-14-22(15-13-21)16-6-2-1-3-7-16/h1-4,6-9H,5,10-15H2. The van der Waals surface area contributed by atoms with Gasteiger partial charge in [-0.2, -0.15) is 0 Å². The number of oxazole rings is 1. The topological polar surface area (TPSA) is 54.5 Å². The second-order valence-electron chi connectivity index (χ2n) is 6.37. The maximum Gasteiger partial charge on any atom is 0.421 e. The number of anilines is 1. The molecule has 1 aromatic carbocycles. The molecule has 1 fully saturated rings. The maximum atomic E-state index is 12.0. The van der Waals surface area contributed by atoms with Gasteiger partial charge in [0.25, 0.3) is 0 Å². The third-order valence-corrected chi connectivity index (χ3v) is 4.80. The SMILES string of the molecule is O=c1oc2ncccc2n1CCCN1CCN(c2ccccc2)CC1. The van der Waals surface area contributed by atoms with Crippen molar-refractivity contribution in [2.45, 2.75) is 13.0 Å². The van der Waals surface area contributed by atoms with Gasteiger partial charge in [-0.05, 0) is 37.2 Å². The molecular weight excluding hydrogens is 316 g/mol. The minimum absolute atomic E-state index is 0.317. The van der Waals surface area contributed by atoms with Crippen LogP contribution in [-0.2, 0) is 6.54 Å². The largest absolute Gasteiger partial charge is 0.421 e. The number of aryl methyl sites for hydroxylation is 1. The van der Waals surface area contributed by atoms with E-state index in [1.54, 1.807) is 10.8 Å². The van der Waals surface area contributed by atoms with E-state index in [0.29, 0.717) is 12.3 Å². The average molecular weight is 338 g/mol. The van der Waals surface area contributed by atoms with Crippen LogP contribution in [-0.4, -0.2) is 47.2 Å². The van der Waals surface area contributed by atoms with Gasteiger partial charge < -0.3 is 9.32 Å². The lowest BCUT2D eigenvalue weighted by Gasteiger charge is -2.36. The second kappa shape index (κ2) is 7.11. The molecule has 1 aliphatic rings. The fourth-order valence-electron chi connectivity index (χ4n) is 3.44. The van der Waals surface area contributed by atoms with Crippen molar-refractivity contribution in [3.05, 3.63) is 59.2 Å². The number of rotatable bonds is 5. The molecule has 1 aliphatic heterocycles. The van der Waals surface area contributed by atoms with E-state index < -0.39 is 0 Å². The number of nitrogens with zero attached hydrogens (tertiary/aromatic N) is 4. The molecule has 0 aliphatic carbocycles. The van der Waals surface area contributed by atoms with E-state index in [4.69, 9.17) is 4.42 Å². The third-order valence-electron chi connectivity index (χ3n) is 4.80. The van der Waals surface area contributed by atoms with Crippen LogP contribution < -0.4 is 10.7 Å². The van der Waals surface area contributed by atoms with Crippen LogP contribution in [0.1, 0.15) is 6.42 Å². The number of aromatic nitrogens is 2. The highest BCUT2D eigenvalue weighted by Gasteiger charge is 2.17. The molecule has 0 atom stereocenters. The Balaban J connectivity index is 1.30. The molecule has 0 saturated carbocycles. The summed E-state index contributed by atoms with van der Waals surface area (Å²) in [6.07, 6.45) is 2.57. The number of hydrogen-bond acceptors (Lipinski definition) is 5. The predicted octanol–water partition coefficient (Wildman–Crippen LogP) is 2.20. The zero-order valence-electron chi connectivity index (χ0n) is 14.2. The Morgan fingerprint density at radius 1 is 0.960 bits per heavy atom. The molecule has 0 N–H and O–H groups in total. The summed E-state index contributed by atoms with van der Waals surface area (Å²) in [5, 5.41) is 0. The molecule has 0 unspecified atom stereocenters. The van der Waals surface area contributed by atoms with Crippen LogP contribution in [0.3, 0.4) is 0 Å². The van der Waals surface area contributed by atoms with Crippen LogP contribution in [0.15, 0.2) is 57.9 Å². The zero-order chi connectivity index (χ0) is 17.1. The number of pyridine rings is 1. The highest BCUT2D eigenvalue weighted by atomic mass is 16.4. The van der Waals surface area contributed by atoms with Crippen LogP contribution in [0.4, 0.5) is 5.69 Å². The van der Waals surface area contributed by atoms with Crippen LogP contribution in [0.5, 0.6) is 0 Å². The lowest BCUT2D eigenvalue weighted by Crippen LogP contribution is -2.46. The molecule has 130 valence electrons. The highest BCUT2D eigenvalue weighted by Crippen LogP contribution is 2.16. The molecule has 6 heteroatoms. The van der Waals surface area contributed by atoms with E-state index in [0.717, 1.165) is 44.7 Å². The van der Waals surface area contributed by atoms with Gasteiger partial charge in [0, 0.05) is 44.6 Å². The quantitative estimate of drug-likeness (QED) is 0.714. The summed E-state index contributed by atoms with van der Waals surface area (Å²) in [6, 6.07) is 14.3. The van der Waals surface area contributed by atoms with Crippen LogP contribution in [0.2, 0.25) is 0 Å². The van der Waals surface area contributed by atoms with Crippen molar-refractivity contribution >= 4 is 16.9 Å². The molecule has 6 nitrogen and oxygen atoms in total. The molecule has 0 bridgehead atoms. The van der Waals surface area contributed by atoms with Gasteiger partial charge in [-0.15, -0.1) is 0 Å². The monoisotopic (exact) mass is 338 g/mol. The Morgan fingerprint density at radius 2 is 1.76 bits per heavy atom. The molecule has 0 radical (unpaired) electrons. The van der Waals surface area contributed by atoms with Crippen LogP contribution >= 0.6 is 0 Å². The van der Waals surface area contributed by atoms with Gasteiger partial charge in [-0.3, -0.25) is 9.47 Å². The van der Waals surface area contributed by atoms with Gasteiger partial charge in [-0.1, -0.05) is 18.2 Å². The Morgan fingerprint density at radius 3 is 2.56 bits per heavy atom. The summed E-state index contributed by atoms with van der Waals surface area (Å²) >= 11 is 0. The Kier molecular flexibility index (Phi) is 4.52. The van der Waals surface area contributed by atoms with Crippen molar-refractivity contribution in [2.75, 3.05) is 37.6 Å². The molecular formula is C19H22N4O2. The summed E-state index contributed by atoms with van der Waals surface area (Å²) < 4.78 is 6.86. The molecule has 0 spiro atoms. The first-order valence-electron chi connectivity index (χ1n) is 8.78. The van der Waals surface area contributed by atoms with Gasteiger partial charge in [0.15, 0.2) is 0 Å². The number of piperazine rings is 1. The average Bonchev–Trinajstić information content (AvgIpc) is 2.99. The Labute approximate surface area is 146 Å². The van der Waals surface area contributed by atoms with Crippen molar-refractivity contribution in [3.8, 4) is 0 Å². The van der Waals surface area contributed by atoms with Gasteiger partial charge in [-0.25, -0.2) is 9.78 Å². The minimum Gasteiger partial charge on any atom is -0.389 e. The zero-order valence-corrected chi connectivity index (χ0v) is 14.2. The minimum atomic E-state index is -0.317. The van der Waals surface area contributed by atoms with Crippen LogP contribution in [0, 0.1) is 0 Å². The van der Waals surface area contributed by atoms with Gasteiger partial charge in [0.05, 0.1) is 0 Å². The summed E-state index contributed by atoms with van der Waals surface area (Å²) in [5.74, 6) is -0.317. The van der Waals surface area contributed by atoms with Gasteiger partial charge in [0.1, 0.15) is 5.52 Å². The molecule has 4 rings (SSSR count). The van der Waals surface area contributed by atoms with E-state index in [9.17, 15) is 4.79 Å². The normalized spacial score (nSPS) is 15.8. The fourth-order valence-corrected chi connectivity index (χ4v) is 3.44. The highest BCUT2D eigenvalue weighted by molar-refractivity contribution is 5.67. The molecule has 25 heavy (non-hydrogen) atoms. The Hall–Kier alpha value is -2.60. The number of fused-ring (bicyclic) bond motifs is 1. The summed E-state index contributed by atoms with van der Waals surface area (Å²) in [5.41, 5.74) is 2.50. The summed E-state index contributed by atoms with van der Waals surface area (Å²) in [4.78, 5) is 20.9. The lowest BCUT2D eigenvalue weighted by atomic mass is 10.2. The molecule has 3 heterocycles. The van der Waals surface area contributed by atoms with E-state index in [1.807, 2.05) is 12.1 Å². The Bertz CT molecular complexity index is 879. The third kappa shape index (κ3) is 3.44. The van der Waals surface area contributed by atoms with E-state index in [-0.39, 0.29) is 5.76 Å². The van der Waals surface area contributed by atoms with Crippen molar-refractivity contribution in [3.63, 3.8) is 0 Å². The molecule has 2 aromatic heterocycles.